The van der Waals surface area contributed by atoms with Crippen LogP contribution < -0.4 is 5.32 Å². The first-order chi connectivity index (χ1) is 14.3. The summed E-state index contributed by atoms with van der Waals surface area (Å²) in [6.07, 6.45) is 2.75. The minimum Gasteiger partial charge on any atom is -0.379 e. The van der Waals surface area contributed by atoms with Crippen LogP contribution in [0.15, 0.2) is 53.4 Å². The van der Waals surface area contributed by atoms with E-state index in [-0.39, 0.29) is 21.3 Å². The van der Waals surface area contributed by atoms with Gasteiger partial charge in [0.05, 0.1) is 23.0 Å². The summed E-state index contributed by atoms with van der Waals surface area (Å²) in [5.41, 5.74) is 0.538. The molecule has 0 aromatic heterocycles. The number of ether oxygens (including phenoxy) is 1. The van der Waals surface area contributed by atoms with Crippen molar-refractivity contribution in [3.05, 3.63) is 69.2 Å². The molecule has 1 saturated heterocycles. The third kappa shape index (κ3) is 5.22. The van der Waals surface area contributed by atoms with Crippen LogP contribution in [0.1, 0.15) is 5.56 Å². The quantitative estimate of drug-likeness (QED) is 0.409. The number of nitro groups is 1. The Bertz CT molecular complexity index is 1080. The lowest BCUT2D eigenvalue weighted by molar-refractivity contribution is -0.384. The zero-order valence-electron chi connectivity index (χ0n) is 15.7. The number of anilines is 1. The fraction of sp³-hybridized carbons (Fsp3) is 0.211. The van der Waals surface area contributed by atoms with Gasteiger partial charge in [0.25, 0.3) is 5.69 Å². The normalized spacial score (nSPS) is 15.2. The predicted octanol–water partition coefficient (Wildman–Crippen LogP) is 2.92. The van der Waals surface area contributed by atoms with Crippen LogP contribution in [-0.4, -0.2) is 49.9 Å². The van der Waals surface area contributed by atoms with Crippen LogP contribution in [0.2, 0.25) is 5.02 Å². The average molecular weight is 452 g/mol. The van der Waals surface area contributed by atoms with Crippen molar-refractivity contribution in [2.75, 3.05) is 31.6 Å². The molecule has 0 saturated carbocycles. The van der Waals surface area contributed by atoms with Gasteiger partial charge in [0.1, 0.15) is 5.02 Å². The van der Waals surface area contributed by atoms with E-state index in [1.165, 1.54) is 46.8 Å². The number of nitrogens with zero attached hydrogens (tertiary/aromatic N) is 2. The Morgan fingerprint density at radius 3 is 2.47 bits per heavy atom. The topological polar surface area (TPSA) is 119 Å². The van der Waals surface area contributed by atoms with Crippen LogP contribution in [0.5, 0.6) is 0 Å². The van der Waals surface area contributed by atoms with Gasteiger partial charge in [-0.05, 0) is 35.9 Å². The molecule has 11 heteroatoms. The van der Waals surface area contributed by atoms with Crippen molar-refractivity contribution < 1.29 is 22.9 Å². The highest BCUT2D eigenvalue weighted by Crippen LogP contribution is 2.27. The summed E-state index contributed by atoms with van der Waals surface area (Å²) in [5, 5.41) is 13.4. The van der Waals surface area contributed by atoms with Crippen molar-refractivity contribution in [2.24, 2.45) is 0 Å². The van der Waals surface area contributed by atoms with Gasteiger partial charge in [-0.15, -0.1) is 0 Å². The highest BCUT2D eigenvalue weighted by atomic mass is 35.5. The summed E-state index contributed by atoms with van der Waals surface area (Å²) >= 11 is 5.74. The number of nitrogens with one attached hydrogen (secondary N) is 1. The van der Waals surface area contributed by atoms with E-state index in [0.717, 1.165) is 0 Å². The van der Waals surface area contributed by atoms with Crippen molar-refractivity contribution in [1.29, 1.82) is 0 Å². The minimum absolute atomic E-state index is 0.0272. The molecule has 1 fully saturated rings. The van der Waals surface area contributed by atoms with Crippen LogP contribution in [-0.2, 0) is 19.6 Å². The molecular weight excluding hydrogens is 434 g/mol. The zero-order chi connectivity index (χ0) is 21.7. The van der Waals surface area contributed by atoms with Gasteiger partial charge in [-0.3, -0.25) is 14.9 Å². The van der Waals surface area contributed by atoms with Crippen LogP contribution in [0.25, 0.3) is 6.08 Å². The Morgan fingerprint density at radius 1 is 1.17 bits per heavy atom. The van der Waals surface area contributed by atoms with Gasteiger partial charge in [-0.2, -0.15) is 4.31 Å². The number of halogens is 1. The van der Waals surface area contributed by atoms with Crippen molar-refractivity contribution >= 4 is 45.0 Å². The average Bonchev–Trinajstić information content (AvgIpc) is 2.74. The molecule has 2 aromatic rings. The van der Waals surface area contributed by atoms with Gasteiger partial charge in [0.15, 0.2) is 0 Å². The summed E-state index contributed by atoms with van der Waals surface area (Å²) in [6.45, 7) is 1.36. The molecule has 3 rings (SSSR count). The third-order valence-electron chi connectivity index (χ3n) is 4.33. The molecule has 0 unspecified atom stereocenters. The van der Waals surface area contributed by atoms with Gasteiger partial charge in [-0.25, -0.2) is 8.42 Å². The highest BCUT2D eigenvalue weighted by molar-refractivity contribution is 7.89. The lowest BCUT2D eigenvalue weighted by Crippen LogP contribution is -2.40. The number of benzene rings is 2. The summed E-state index contributed by atoms with van der Waals surface area (Å²) in [6, 6.07) is 10.1. The summed E-state index contributed by atoms with van der Waals surface area (Å²) in [7, 11) is -3.58. The molecule has 0 bridgehead atoms. The van der Waals surface area contributed by atoms with E-state index < -0.39 is 20.9 Å². The number of hydrogen-bond donors (Lipinski definition) is 1. The molecule has 0 aliphatic carbocycles. The zero-order valence-corrected chi connectivity index (χ0v) is 17.2. The summed E-state index contributed by atoms with van der Waals surface area (Å²) < 4.78 is 31.7. The number of amides is 1. The lowest BCUT2D eigenvalue weighted by Gasteiger charge is -2.26. The van der Waals surface area contributed by atoms with E-state index >= 15 is 0 Å². The fourth-order valence-electron chi connectivity index (χ4n) is 2.77. The third-order valence-corrected chi connectivity index (χ3v) is 6.56. The monoisotopic (exact) mass is 451 g/mol. The molecule has 0 atom stereocenters. The number of rotatable bonds is 6. The van der Waals surface area contributed by atoms with Crippen LogP contribution >= 0.6 is 11.6 Å². The maximum Gasteiger partial charge on any atom is 0.289 e. The van der Waals surface area contributed by atoms with Crippen molar-refractivity contribution in [1.82, 2.24) is 4.31 Å². The van der Waals surface area contributed by atoms with Crippen LogP contribution in [0.4, 0.5) is 11.4 Å². The maximum absolute atomic E-state index is 12.6. The molecule has 1 N–H and O–H groups in total. The van der Waals surface area contributed by atoms with Gasteiger partial charge < -0.3 is 10.1 Å². The molecule has 158 valence electrons. The van der Waals surface area contributed by atoms with Crippen molar-refractivity contribution in [3.63, 3.8) is 0 Å². The van der Waals surface area contributed by atoms with E-state index in [9.17, 15) is 23.3 Å². The molecule has 9 nitrogen and oxygen atoms in total. The minimum atomic E-state index is -3.58. The van der Waals surface area contributed by atoms with E-state index in [1.54, 1.807) is 12.1 Å². The molecule has 30 heavy (non-hydrogen) atoms. The summed E-state index contributed by atoms with van der Waals surface area (Å²) in [4.78, 5) is 22.5. The SMILES string of the molecule is O=C(/C=C/c1ccc(S(=O)(=O)N2CCOCC2)cc1)Nc1ccc(Cl)c([N+](=O)[O-])c1. The molecular formula is C19H18ClN3O6S. The van der Waals surface area contributed by atoms with E-state index in [2.05, 4.69) is 5.32 Å². The molecule has 1 heterocycles. The standard InChI is InChI=1S/C19H18ClN3O6S/c20-17-7-4-15(13-18(17)23(25)26)21-19(24)8-3-14-1-5-16(6-2-14)30(27,28)22-9-11-29-12-10-22/h1-8,13H,9-12H2,(H,21,24)/b8-3+. The van der Waals surface area contributed by atoms with Crippen molar-refractivity contribution in [3.8, 4) is 0 Å². The molecule has 1 aliphatic heterocycles. The first-order valence-electron chi connectivity index (χ1n) is 8.88. The second-order valence-electron chi connectivity index (χ2n) is 6.33. The Balaban J connectivity index is 1.66. The number of hydrogen-bond acceptors (Lipinski definition) is 6. The maximum atomic E-state index is 12.6. The number of nitro benzene ring substituents is 1. The van der Waals surface area contributed by atoms with Gasteiger partial charge >= 0.3 is 0 Å². The van der Waals surface area contributed by atoms with Gasteiger partial charge in [0, 0.05) is 30.9 Å². The largest absolute Gasteiger partial charge is 0.379 e. The lowest BCUT2D eigenvalue weighted by atomic mass is 10.2. The fourth-order valence-corrected chi connectivity index (χ4v) is 4.37. The molecule has 0 radical (unpaired) electrons. The Hall–Kier alpha value is -2.79. The Morgan fingerprint density at radius 2 is 1.83 bits per heavy atom. The van der Waals surface area contributed by atoms with E-state index in [0.29, 0.717) is 31.9 Å². The second kappa shape index (κ2) is 9.35. The predicted molar refractivity (Wildman–Crippen MR) is 112 cm³/mol. The molecule has 0 spiro atoms. The Labute approximate surface area is 178 Å². The highest BCUT2D eigenvalue weighted by Gasteiger charge is 2.25. The number of morpholine rings is 1. The molecule has 2 aromatic carbocycles. The summed E-state index contributed by atoms with van der Waals surface area (Å²) in [5.74, 6) is -0.503. The van der Waals surface area contributed by atoms with Gasteiger partial charge in [-0.1, -0.05) is 23.7 Å². The van der Waals surface area contributed by atoms with E-state index in [4.69, 9.17) is 16.3 Å². The number of carbonyl (C=O) groups excluding carboxylic acids is 1. The van der Waals surface area contributed by atoms with Crippen LogP contribution in [0.3, 0.4) is 0 Å². The first-order valence-corrected chi connectivity index (χ1v) is 10.7. The van der Waals surface area contributed by atoms with Crippen molar-refractivity contribution in [2.45, 2.75) is 4.90 Å². The molecule has 1 amide bonds. The van der Waals surface area contributed by atoms with Gasteiger partial charge in [0.2, 0.25) is 15.9 Å². The Kier molecular flexibility index (Phi) is 6.83. The second-order valence-corrected chi connectivity index (χ2v) is 8.68. The van der Waals surface area contributed by atoms with E-state index in [1.807, 2.05) is 0 Å². The smallest absolute Gasteiger partial charge is 0.289 e. The molecule has 1 aliphatic rings. The number of sulfonamides is 1. The first kappa shape index (κ1) is 21.9. The number of carbonyl (C=O) groups is 1. The van der Waals surface area contributed by atoms with Crippen LogP contribution in [0, 0.1) is 10.1 Å².